The van der Waals surface area contributed by atoms with E-state index in [-0.39, 0.29) is 5.69 Å². The molecule has 15 heavy (non-hydrogen) atoms. The molecule has 6 heteroatoms. The third kappa shape index (κ3) is 3.77. The molecule has 1 rings (SSSR count). The van der Waals surface area contributed by atoms with Crippen LogP contribution in [0.25, 0.3) is 0 Å². The summed E-state index contributed by atoms with van der Waals surface area (Å²) in [4.78, 5) is 10.9. The van der Waals surface area contributed by atoms with Gasteiger partial charge in [0.15, 0.2) is 0 Å². The van der Waals surface area contributed by atoms with Crippen LogP contribution in [0, 0.1) is 10.1 Å². The van der Waals surface area contributed by atoms with Gasteiger partial charge in [-0.1, -0.05) is 0 Å². The number of non-ortho nitro benzene ring substituents is 1. The number of nitro groups is 1. The number of methoxy groups -OCH3 is 1. The van der Waals surface area contributed by atoms with Crippen molar-refractivity contribution in [3.05, 3.63) is 28.3 Å². The van der Waals surface area contributed by atoms with Gasteiger partial charge in [0.2, 0.25) is 0 Å². The van der Waals surface area contributed by atoms with Crippen molar-refractivity contribution in [2.75, 3.05) is 25.2 Å². The highest BCUT2D eigenvalue weighted by Gasteiger charge is 2.08. The molecular formula is C9H12N2O3S. The molecule has 1 aromatic rings. The van der Waals surface area contributed by atoms with E-state index in [4.69, 9.17) is 10.5 Å². The van der Waals surface area contributed by atoms with E-state index in [1.807, 2.05) is 0 Å². The zero-order valence-corrected chi connectivity index (χ0v) is 9.12. The predicted molar refractivity (Wildman–Crippen MR) is 60.1 cm³/mol. The Bertz CT molecular complexity index is 357. The number of rotatable bonds is 5. The highest BCUT2D eigenvalue weighted by Crippen LogP contribution is 2.26. The first-order valence-corrected chi connectivity index (χ1v) is 5.28. The van der Waals surface area contributed by atoms with Crippen LogP contribution < -0.4 is 5.73 Å². The van der Waals surface area contributed by atoms with Crippen molar-refractivity contribution in [2.45, 2.75) is 4.90 Å². The Balaban J connectivity index is 2.75. The summed E-state index contributed by atoms with van der Waals surface area (Å²) in [5.41, 5.74) is 5.98. The molecule has 5 nitrogen and oxygen atoms in total. The number of nitrogens with two attached hydrogens (primary N) is 1. The third-order valence-electron chi connectivity index (χ3n) is 1.68. The third-order valence-corrected chi connectivity index (χ3v) is 2.62. The molecule has 0 aliphatic rings. The van der Waals surface area contributed by atoms with E-state index in [9.17, 15) is 10.1 Å². The fourth-order valence-electron chi connectivity index (χ4n) is 1.04. The molecule has 0 atom stereocenters. The van der Waals surface area contributed by atoms with Crippen LogP contribution in [0.4, 0.5) is 11.4 Å². The molecule has 0 radical (unpaired) electrons. The van der Waals surface area contributed by atoms with Crippen molar-refractivity contribution in [1.82, 2.24) is 0 Å². The zero-order valence-electron chi connectivity index (χ0n) is 8.30. The number of nitrogens with zero attached hydrogens (tertiary/aromatic N) is 1. The van der Waals surface area contributed by atoms with Crippen LogP contribution in [-0.2, 0) is 4.74 Å². The van der Waals surface area contributed by atoms with Gasteiger partial charge < -0.3 is 10.5 Å². The Hall–Kier alpha value is -1.27. The van der Waals surface area contributed by atoms with Crippen molar-refractivity contribution in [3.8, 4) is 0 Å². The Kier molecular flexibility index (Phi) is 4.38. The van der Waals surface area contributed by atoms with Gasteiger partial charge in [0.25, 0.3) is 5.69 Å². The molecule has 0 aliphatic heterocycles. The number of nitro benzene ring substituents is 1. The fraction of sp³-hybridized carbons (Fsp3) is 0.333. The van der Waals surface area contributed by atoms with E-state index >= 15 is 0 Å². The van der Waals surface area contributed by atoms with E-state index in [1.165, 1.54) is 23.9 Å². The Morgan fingerprint density at radius 3 is 2.87 bits per heavy atom. The lowest BCUT2D eigenvalue weighted by molar-refractivity contribution is -0.385. The van der Waals surface area contributed by atoms with E-state index in [0.717, 1.165) is 10.6 Å². The SMILES string of the molecule is COCCSc1cc(N)cc([N+](=O)[O-])c1. The molecule has 0 saturated carbocycles. The van der Waals surface area contributed by atoms with E-state index < -0.39 is 4.92 Å². The average Bonchev–Trinajstić information content (AvgIpc) is 2.17. The molecule has 1 aromatic carbocycles. The van der Waals surface area contributed by atoms with Crippen LogP contribution in [0.3, 0.4) is 0 Å². The first kappa shape index (κ1) is 11.8. The molecule has 0 fully saturated rings. The number of nitrogen functional groups attached to an aromatic ring is 1. The van der Waals surface area contributed by atoms with Crippen molar-refractivity contribution < 1.29 is 9.66 Å². The second-order valence-electron chi connectivity index (χ2n) is 2.86. The Morgan fingerprint density at radius 1 is 1.53 bits per heavy atom. The largest absolute Gasteiger partial charge is 0.398 e. The minimum Gasteiger partial charge on any atom is -0.398 e. The van der Waals surface area contributed by atoms with E-state index in [1.54, 1.807) is 13.2 Å². The molecular weight excluding hydrogens is 216 g/mol. The van der Waals surface area contributed by atoms with Crippen molar-refractivity contribution >= 4 is 23.1 Å². The monoisotopic (exact) mass is 228 g/mol. The van der Waals surface area contributed by atoms with Crippen LogP contribution in [0.15, 0.2) is 23.1 Å². The second-order valence-corrected chi connectivity index (χ2v) is 4.03. The number of hydrogen-bond acceptors (Lipinski definition) is 5. The summed E-state index contributed by atoms with van der Waals surface area (Å²) < 4.78 is 4.89. The molecule has 0 amide bonds. The quantitative estimate of drug-likeness (QED) is 0.274. The summed E-state index contributed by atoms with van der Waals surface area (Å²) in [7, 11) is 1.61. The van der Waals surface area contributed by atoms with Crippen LogP contribution in [0.1, 0.15) is 0 Å². The van der Waals surface area contributed by atoms with Crippen LogP contribution in [0.2, 0.25) is 0 Å². The summed E-state index contributed by atoms with van der Waals surface area (Å²) >= 11 is 1.48. The van der Waals surface area contributed by atoms with Gasteiger partial charge >= 0.3 is 0 Å². The van der Waals surface area contributed by atoms with Crippen LogP contribution in [-0.4, -0.2) is 24.4 Å². The summed E-state index contributed by atoms with van der Waals surface area (Å²) in [6, 6.07) is 4.57. The smallest absolute Gasteiger partial charge is 0.272 e. The van der Waals surface area contributed by atoms with Gasteiger partial charge in [-0.25, -0.2) is 0 Å². The number of thioether (sulfide) groups is 1. The van der Waals surface area contributed by atoms with E-state index in [0.29, 0.717) is 12.3 Å². The van der Waals surface area contributed by atoms with Crippen LogP contribution in [0.5, 0.6) is 0 Å². The van der Waals surface area contributed by atoms with Crippen molar-refractivity contribution in [1.29, 1.82) is 0 Å². The maximum Gasteiger partial charge on any atom is 0.272 e. The van der Waals surface area contributed by atoms with Gasteiger partial charge in [-0.05, 0) is 6.07 Å². The Morgan fingerprint density at radius 2 is 2.27 bits per heavy atom. The predicted octanol–water partition coefficient (Wildman–Crippen LogP) is 1.92. The summed E-state index contributed by atoms with van der Waals surface area (Å²) in [6.45, 7) is 0.604. The summed E-state index contributed by atoms with van der Waals surface area (Å²) in [6.07, 6.45) is 0. The molecule has 0 aromatic heterocycles. The van der Waals surface area contributed by atoms with Gasteiger partial charge in [0.1, 0.15) is 0 Å². The molecule has 0 unspecified atom stereocenters. The maximum atomic E-state index is 10.6. The lowest BCUT2D eigenvalue weighted by atomic mass is 10.3. The molecule has 2 N–H and O–H groups in total. The first-order chi connectivity index (χ1) is 7.13. The van der Waals surface area contributed by atoms with Gasteiger partial charge in [0.05, 0.1) is 11.5 Å². The number of ether oxygens (including phenoxy) is 1. The van der Waals surface area contributed by atoms with Crippen molar-refractivity contribution in [3.63, 3.8) is 0 Å². The van der Waals surface area contributed by atoms with Gasteiger partial charge in [-0.3, -0.25) is 10.1 Å². The lowest BCUT2D eigenvalue weighted by Crippen LogP contribution is -1.94. The molecule has 0 spiro atoms. The molecule has 0 saturated heterocycles. The minimum atomic E-state index is -0.448. The normalized spacial score (nSPS) is 10.2. The fourth-order valence-corrected chi connectivity index (χ4v) is 1.95. The summed E-state index contributed by atoms with van der Waals surface area (Å²) in [5.74, 6) is 0.747. The highest BCUT2D eigenvalue weighted by molar-refractivity contribution is 7.99. The molecule has 0 aliphatic carbocycles. The zero-order chi connectivity index (χ0) is 11.3. The topological polar surface area (TPSA) is 78.4 Å². The van der Waals surface area contributed by atoms with Gasteiger partial charge in [0, 0.05) is 35.6 Å². The summed E-state index contributed by atoms with van der Waals surface area (Å²) in [5, 5.41) is 10.6. The average molecular weight is 228 g/mol. The first-order valence-electron chi connectivity index (χ1n) is 4.30. The highest BCUT2D eigenvalue weighted by atomic mass is 32.2. The lowest BCUT2D eigenvalue weighted by Gasteiger charge is -2.02. The second kappa shape index (κ2) is 5.57. The minimum absolute atomic E-state index is 0.0231. The standard InChI is InChI=1S/C9H12N2O3S/c1-14-2-3-15-9-5-7(10)4-8(6-9)11(12)13/h4-6H,2-3,10H2,1H3. The number of hydrogen-bond donors (Lipinski definition) is 1. The maximum absolute atomic E-state index is 10.6. The van der Waals surface area contributed by atoms with Crippen molar-refractivity contribution in [2.24, 2.45) is 0 Å². The van der Waals surface area contributed by atoms with E-state index in [2.05, 4.69) is 0 Å². The van der Waals surface area contributed by atoms with Gasteiger partial charge in [-0.15, -0.1) is 11.8 Å². The molecule has 0 bridgehead atoms. The Labute approximate surface area is 91.8 Å². The number of anilines is 1. The molecule has 0 heterocycles. The molecule has 82 valence electrons. The van der Waals surface area contributed by atoms with Crippen LogP contribution >= 0.6 is 11.8 Å². The van der Waals surface area contributed by atoms with Gasteiger partial charge in [-0.2, -0.15) is 0 Å². The number of benzene rings is 1.